The molecule has 0 saturated carbocycles. The van der Waals surface area contributed by atoms with Crippen LogP contribution in [-0.2, 0) is 18.3 Å². The maximum Gasteiger partial charge on any atom is 0.309 e. The lowest BCUT2D eigenvalue weighted by atomic mass is 9.98. The molecular formula is C15H18N2O2. The van der Waals surface area contributed by atoms with Crippen molar-refractivity contribution in [3.05, 3.63) is 41.7 Å². The molecule has 4 nitrogen and oxygen atoms in total. The van der Waals surface area contributed by atoms with Gasteiger partial charge < -0.3 is 5.11 Å². The quantitative estimate of drug-likeness (QED) is 0.917. The van der Waals surface area contributed by atoms with Crippen LogP contribution in [0, 0.1) is 0 Å². The van der Waals surface area contributed by atoms with Crippen LogP contribution in [0.25, 0.3) is 11.1 Å². The number of carbonyl (C=O) groups is 1. The Morgan fingerprint density at radius 2 is 1.95 bits per heavy atom. The fourth-order valence-electron chi connectivity index (χ4n) is 2.10. The molecule has 0 aliphatic rings. The van der Waals surface area contributed by atoms with Crippen LogP contribution in [0.2, 0.25) is 0 Å². The Morgan fingerprint density at radius 3 is 2.47 bits per heavy atom. The number of rotatable bonds is 4. The molecule has 19 heavy (non-hydrogen) atoms. The number of carboxylic acids is 1. The van der Waals surface area contributed by atoms with Gasteiger partial charge in [-0.3, -0.25) is 9.48 Å². The second-order valence-electron chi connectivity index (χ2n) is 4.98. The SMILES string of the molecule is CC(C)c1ccc(-c2cnn(C)c2CC(=O)O)cc1. The maximum atomic E-state index is 10.9. The van der Waals surface area contributed by atoms with E-state index in [2.05, 4.69) is 31.1 Å². The summed E-state index contributed by atoms with van der Waals surface area (Å²) < 4.78 is 1.62. The molecule has 0 unspecified atom stereocenters. The first-order valence-electron chi connectivity index (χ1n) is 6.32. The van der Waals surface area contributed by atoms with Crippen molar-refractivity contribution < 1.29 is 9.90 Å². The Kier molecular flexibility index (Phi) is 3.69. The van der Waals surface area contributed by atoms with E-state index in [0.29, 0.717) is 5.92 Å². The topological polar surface area (TPSA) is 55.1 Å². The largest absolute Gasteiger partial charge is 0.481 e. The van der Waals surface area contributed by atoms with Crippen LogP contribution in [-0.4, -0.2) is 20.9 Å². The second kappa shape index (κ2) is 5.26. The standard InChI is InChI=1S/C15H18N2O2/c1-10(2)11-4-6-12(7-5-11)13-9-16-17(3)14(13)8-15(18)19/h4-7,9-10H,8H2,1-3H3,(H,18,19). The molecule has 0 fully saturated rings. The Balaban J connectivity index is 2.38. The van der Waals surface area contributed by atoms with Crippen molar-refractivity contribution in [3.8, 4) is 11.1 Å². The molecule has 0 radical (unpaired) electrons. The van der Waals surface area contributed by atoms with Crippen LogP contribution in [0.5, 0.6) is 0 Å². The van der Waals surface area contributed by atoms with Crippen LogP contribution in [0.3, 0.4) is 0 Å². The Morgan fingerprint density at radius 1 is 1.32 bits per heavy atom. The van der Waals surface area contributed by atoms with Gasteiger partial charge in [0, 0.05) is 12.6 Å². The van der Waals surface area contributed by atoms with Gasteiger partial charge in [0.1, 0.15) is 0 Å². The van der Waals surface area contributed by atoms with Crippen molar-refractivity contribution in [2.45, 2.75) is 26.2 Å². The number of nitrogens with zero attached hydrogens (tertiary/aromatic N) is 2. The summed E-state index contributed by atoms with van der Waals surface area (Å²) in [5.74, 6) is -0.356. The molecule has 0 spiro atoms. The van der Waals surface area contributed by atoms with E-state index < -0.39 is 5.97 Å². The summed E-state index contributed by atoms with van der Waals surface area (Å²) >= 11 is 0. The van der Waals surface area contributed by atoms with E-state index in [0.717, 1.165) is 16.8 Å². The number of hydrogen-bond donors (Lipinski definition) is 1. The van der Waals surface area contributed by atoms with Gasteiger partial charge in [-0.15, -0.1) is 0 Å². The Bertz CT molecular complexity index is 583. The first kappa shape index (κ1) is 13.3. The molecule has 0 amide bonds. The molecule has 0 atom stereocenters. The van der Waals surface area contributed by atoms with Crippen LogP contribution < -0.4 is 0 Å². The molecule has 0 saturated heterocycles. The maximum absolute atomic E-state index is 10.9. The molecule has 1 aromatic carbocycles. The highest BCUT2D eigenvalue weighted by molar-refractivity contribution is 5.75. The molecule has 2 rings (SSSR count). The van der Waals surface area contributed by atoms with E-state index in [9.17, 15) is 4.79 Å². The number of benzene rings is 1. The smallest absolute Gasteiger partial charge is 0.309 e. The van der Waals surface area contributed by atoms with E-state index in [-0.39, 0.29) is 6.42 Å². The van der Waals surface area contributed by atoms with Crippen LogP contribution >= 0.6 is 0 Å². The monoisotopic (exact) mass is 258 g/mol. The van der Waals surface area contributed by atoms with Crippen molar-refractivity contribution in [2.24, 2.45) is 7.05 Å². The van der Waals surface area contributed by atoms with E-state index in [1.54, 1.807) is 17.9 Å². The Hall–Kier alpha value is -2.10. The molecule has 0 aliphatic carbocycles. The van der Waals surface area contributed by atoms with Crippen LogP contribution in [0.15, 0.2) is 30.5 Å². The van der Waals surface area contributed by atoms with Gasteiger partial charge in [0.2, 0.25) is 0 Å². The molecule has 4 heteroatoms. The van der Waals surface area contributed by atoms with E-state index in [1.165, 1.54) is 5.56 Å². The van der Waals surface area contributed by atoms with Crippen molar-refractivity contribution in [1.82, 2.24) is 9.78 Å². The average molecular weight is 258 g/mol. The first-order chi connectivity index (χ1) is 8.99. The molecule has 0 bridgehead atoms. The third-order valence-corrected chi connectivity index (χ3v) is 3.27. The van der Waals surface area contributed by atoms with Gasteiger partial charge in [-0.05, 0) is 17.0 Å². The van der Waals surface area contributed by atoms with E-state index >= 15 is 0 Å². The molecular weight excluding hydrogens is 240 g/mol. The highest BCUT2D eigenvalue weighted by Gasteiger charge is 2.13. The third-order valence-electron chi connectivity index (χ3n) is 3.27. The highest BCUT2D eigenvalue weighted by Crippen LogP contribution is 2.25. The van der Waals surface area contributed by atoms with Crippen LogP contribution in [0.4, 0.5) is 0 Å². The molecule has 1 aromatic heterocycles. The first-order valence-corrected chi connectivity index (χ1v) is 6.32. The lowest BCUT2D eigenvalue weighted by molar-refractivity contribution is -0.136. The lowest BCUT2D eigenvalue weighted by Gasteiger charge is -2.07. The summed E-state index contributed by atoms with van der Waals surface area (Å²) in [5, 5.41) is 13.1. The normalized spacial score (nSPS) is 10.9. The number of hydrogen-bond acceptors (Lipinski definition) is 2. The fraction of sp³-hybridized carbons (Fsp3) is 0.333. The summed E-state index contributed by atoms with van der Waals surface area (Å²) in [7, 11) is 1.77. The molecule has 100 valence electrons. The predicted octanol–water partition coefficient (Wildman–Crippen LogP) is 2.84. The number of aromatic nitrogens is 2. The number of aryl methyl sites for hydroxylation is 1. The number of carboxylic acid groups (broad SMARTS) is 1. The molecule has 1 heterocycles. The van der Waals surface area contributed by atoms with Gasteiger partial charge >= 0.3 is 5.97 Å². The van der Waals surface area contributed by atoms with Crippen molar-refractivity contribution in [1.29, 1.82) is 0 Å². The van der Waals surface area contributed by atoms with Gasteiger partial charge in [0.05, 0.1) is 18.3 Å². The minimum absolute atomic E-state index is 0.0161. The predicted molar refractivity (Wildman–Crippen MR) is 74.1 cm³/mol. The molecule has 1 N–H and O–H groups in total. The van der Waals surface area contributed by atoms with Gasteiger partial charge in [-0.25, -0.2) is 0 Å². The number of aliphatic carboxylic acids is 1. The summed E-state index contributed by atoms with van der Waals surface area (Å²) in [6, 6.07) is 8.21. The summed E-state index contributed by atoms with van der Waals surface area (Å²) in [6.45, 7) is 4.30. The zero-order chi connectivity index (χ0) is 14.0. The average Bonchev–Trinajstić information content (AvgIpc) is 2.71. The summed E-state index contributed by atoms with van der Waals surface area (Å²) in [6.07, 6.45) is 1.71. The van der Waals surface area contributed by atoms with Crippen molar-refractivity contribution in [3.63, 3.8) is 0 Å². The van der Waals surface area contributed by atoms with Crippen molar-refractivity contribution in [2.75, 3.05) is 0 Å². The zero-order valence-corrected chi connectivity index (χ0v) is 11.4. The lowest BCUT2D eigenvalue weighted by Crippen LogP contribution is -2.07. The Labute approximate surface area is 112 Å². The minimum Gasteiger partial charge on any atom is -0.481 e. The van der Waals surface area contributed by atoms with Crippen LogP contribution in [0.1, 0.15) is 31.0 Å². The minimum atomic E-state index is -0.844. The second-order valence-corrected chi connectivity index (χ2v) is 4.98. The van der Waals surface area contributed by atoms with Gasteiger partial charge in [0.15, 0.2) is 0 Å². The third kappa shape index (κ3) is 2.84. The van der Waals surface area contributed by atoms with Gasteiger partial charge in [-0.2, -0.15) is 5.10 Å². The van der Waals surface area contributed by atoms with Gasteiger partial charge in [0.25, 0.3) is 0 Å². The zero-order valence-electron chi connectivity index (χ0n) is 11.4. The highest BCUT2D eigenvalue weighted by atomic mass is 16.4. The van der Waals surface area contributed by atoms with Crippen molar-refractivity contribution >= 4 is 5.97 Å². The van der Waals surface area contributed by atoms with E-state index in [1.807, 2.05) is 12.1 Å². The van der Waals surface area contributed by atoms with E-state index in [4.69, 9.17) is 5.11 Å². The molecule has 2 aromatic rings. The van der Waals surface area contributed by atoms with Gasteiger partial charge in [-0.1, -0.05) is 38.1 Å². The molecule has 0 aliphatic heterocycles. The summed E-state index contributed by atoms with van der Waals surface area (Å²) in [4.78, 5) is 10.9. The fourth-order valence-corrected chi connectivity index (χ4v) is 2.10. The summed E-state index contributed by atoms with van der Waals surface area (Å²) in [5.41, 5.74) is 3.89.